The Bertz CT molecular complexity index is 327. The summed E-state index contributed by atoms with van der Waals surface area (Å²) in [6, 6.07) is 4.70. The Morgan fingerprint density at radius 3 is 3.07 bits per heavy atom. The highest BCUT2D eigenvalue weighted by molar-refractivity contribution is 7.99. The third kappa shape index (κ3) is 2.46. The lowest BCUT2D eigenvalue weighted by Gasteiger charge is -2.20. The topological polar surface area (TPSA) is 24.9 Å². The molecule has 0 saturated heterocycles. The summed E-state index contributed by atoms with van der Waals surface area (Å²) in [5, 5.41) is 4.33. The fourth-order valence-electron chi connectivity index (χ4n) is 2.19. The van der Waals surface area contributed by atoms with Gasteiger partial charge in [-0.2, -0.15) is 11.8 Å². The highest BCUT2D eigenvalue weighted by Gasteiger charge is 2.26. The van der Waals surface area contributed by atoms with Crippen LogP contribution in [0, 0.1) is 6.92 Å². The van der Waals surface area contributed by atoms with Crippen molar-refractivity contribution in [2.45, 2.75) is 37.5 Å². The number of rotatable bonds is 3. The molecule has 1 fully saturated rings. The Hall–Kier alpha value is -0.700. The van der Waals surface area contributed by atoms with Crippen LogP contribution < -0.4 is 5.32 Å². The van der Waals surface area contributed by atoms with E-state index in [1.54, 1.807) is 0 Å². The summed E-state index contributed by atoms with van der Waals surface area (Å²) in [7, 11) is 0. The van der Waals surface area contributed by atoms with E-state index in [4.69, 9.17) is 0 Å². The van der Waals surface area contributed by atoms with Crippen LogP contribution in [0.1, 0.15) is 24.8 Å². The predicted octanol–water partition coefficient (Wildman–Crippen LogP) is 3.09. The second-order valence-electron chi connectivity index (χ2n) is 4.12. The summed E-state index contributed by atoms with van der Waals surface area (Å²) in [6.07, 6.45) is 8.02. The first kappa shape index (κ1) is 10.8. The summed E-state index contributed by atoms with van der Waals surface area (Å²) in [6.45, 7) is 2.11. The second kappa shape index (κ2) is 4.88. The highest BCUT2D eigenvalue weighted by atomic mass is 32.2. The van der Waals surface area contributed by atoms with E-state index in [-0.39, 0.29) is 0 Å². The molecule has 2 atom stereocenters. The van der Waals surface area contributed by atoms with Gasteiger partial charge in [0.1, 0.15) is 5.82 Å². The van der Waals surface area contributed by atoms with Crippen molar-refractivity contribution in [3.8, 4) is 0 Å². The van der Waals surface area contributed by atoms with Crippen molar-refractivity contribution in [3.05, 3.63) is 23.9 Å². The Morgan fingerprint density at radius 1 is 1.47 bits per heavy atom. The molecule has 1 aliphatic carbocycles. The summed E-state index contributed by atoms with van der Waals surface area (Å²) < 4.78 is 0. The molecular weight excluding hydrogens is 204 g/mol. The summed E-state index contributed by atoms with van der Waals surface area (Å²) >= 11 is 1.98. The molecule has 0 amide bonds. The van der Waals surface area contributed by atoms with Gasteiger partial charge in [-0.1, -0.05) is 12.5 Å². The van der Waals surface area contributed by atoms with Crippen molar-refractivity contribution in [3.63, 3.8) is 0 Å². The van der Waals surface area contributed by atoms with Crippen LogP contribution in [-0.4, -0.2) is 22.5 Å². The second-order valence-corrected chi connectivity index (χ2v) is 5.20. The molecule has 1 N–H and O–H groups in total. The number of pyridine rings is 1. The van der Waals surface area contributed by atoms with Crippen molar-refractivity contribution >= 4 is 17.6 Å². The van der Waals surface area contributed by atoms with Gasteiger partial charge in [0, 0.05) is 17.5 Å². The van der Waals surface area contributed by atoms with Crippen molar-refractivity contribution < 1.29 is 0 Å². The number of anilines is 1. The molecule has 0 spiro atoms. The molecule has 2 rings (SSSR count). The van der Waals surface area contributed by atoms with Crippen LogP contribution in [0.15, 0.2) is 18.3 Å². The van der Waals surface area contributed by atoms with E-state index in [1.807, 2.05) is 24.0 Å². The minimum absolute atomic E-state index is 0.605. The number of aryl methyl sites for hydroxylation is 1. The van der Waals surface area contributed by atoms with Crippen molar-refractivity contribution in [1.29, 1.82) is 0 Å². The van der Waals surface area contributed by atoms with Gasteiger partial charge in [-0.25, -0.2) is 4.98 Å². The van der Waals surface area contributed by atoms with E-state index in [1.165, 1.54) is 24.8 Å². The molecular formula is C12H18N2S. The number of nitrogens with zero attached hydrogens (tertiary/aromatic N) is 1. The molecule has 0 radical (unpaired) electrons. The van der Waals surface area contributed by atoms with Crippen LogP contribution in [0.2, 0.25) is 0 Å². The normalized spacial score (nSPS) is 25.5. The monoisotopic (exact) mass is 222 g/mol. The minimum atomic E-state index is 0.605. The van der Waals surface area contributed by atoms with E-state index in [9.17, 15) is 0 Å². The van der Waals surface area contributed by atoms with Gasteiger partial charge in [0.15, 0.2) is 0 Å². The largest absolute Gasteiger partial charge is 0.366 e. The van der Waals surface area contributed by atoms with Crippen LogP contribution in [0.4, 0.5) is 5.82 Å². The molecule has 0 aliphatic heterocycles. The molecule has 15 heavy (non-hydrogen) atoms. The standard InChI is InChI=1S/C12H18N2S/c1-9-5-4-8-13-12(9)14-10-6-3-7-11(10)15-2/h4-5,8,10-11H,3,6-7H2,1-2H3,(H,13,14). The van der Waals surface area contributed by atoms with Crippen LogP contribution in [-0.2, 0) is 0 Å². The Labute approximate surface area is 95.9 Å². The fourth-order valence-corrected chi connectivity index (χ4v) is 3.12. The van der Waals surface area contributed by atoms with E-state index in [0.29, 0.717) is 6.04 Å². The molecule has 1 aromatic heterocycles. The average Bonchev–Trinajstić information content (AvgIpc) is 2.69. The summed E-state index contributed by atoms with van der Waals surface area (Å²) in [5.74, 6) is 1.06. The van der Waals surface area contributed by atoms with E-state index in [0.717, 1.165) is 11.1 Å². The highest BCUT2D eigenvalue weighted by Crippen LogP contribution is 2.30. The van der Waals surface area contributed by atoms with Gasteiger partial charge in [0.05, 0.1) is 0 Å². The third-order valence-electron chi connectivity index (χ3n) is 3.09. The Balaban J connectivity index is 2.05. The minimum Gasteiger partial charge on any atom is -0.366 e. The number of aromatic nitrogens is 1. The van der Waals surface area contributed by atoms with Crippen molar-refractivity contribution in [2.24, 2.45) is 0 Å². The van der Waals surface area contributed by atoms with Crippen LogP contribution in [0.25, 0.3) is 0 Å². The molecule has 2 unspecified atom stereocenters. The molecule has 1 aliphatic rings. The third-order valence-corrected chi connectivity index (χ3v) is 4.26. The number of hydrogen-bond acceptors (Lipinski definition) is 3. The van der Waals surface area contributed by atoms with Gasteiger partial charge in [-0.15, -0.1) is 0 Å². The number of nitrogens with one attached hydrogen (secondary N) is 1. The lowest BCUT2D eigenvalue weighted by Crippen LogP contribution is -2.26. The SMILES string of the molecule is CSC1CCCC1Nc1ncccc1C. The molecule has 2 nitrogen and oxygen atoms in total. The zero-order valence-corrected chi connectivity index (χ0v) is 10.2. The number of thioether (sulfide) groups is 1. The van der Waals surface area contributed by atoms with Crippen LogP contribution in [0.5, 0.6) is 0 Å². The van der Waals surface area contributed by atoms with Gasteiger partial charge in [0.25, 0.3) is 0 Å². The maximum Gasteiger partial charge on any atom is 0.129 e. The zero-order valence-electron chi connectivity index (χ0n) is 9.36. The first-order valence-corrected chi connectivity index (χ1v) is 6.81. The fraction of sp³-hybridized carbons (Fsp3) is 0.583. The van der Waals surface area contributed by atoms with E-state index in [2.05, 4.69) is 29.5 Å². The van der Waals surface area contributed by atoms with E-state index >= 15 is 0 Å². The lowest BCUT2D eigenvalue weighted by atomic mass is 10.2. The summed E-state index contributed by atoms with van der Waals surface area (Å²) in [4.78, 5) is 4.39. The van der Waals surface area contributed by atoms with Gasteiger partial charge in [0.2, 0.25) is 0 Å². The van der Waals surface area contributed by atoms with Crippen LogP contribution >= 0.6 is 11.8 Å². The van der Waals surface area contributed by atoms with Crippen LogP contribution in [0.3, 0.4) is 0 Å². The van der Waals surface area contributed by atoms with Crippen molar-refractivity contribution in [1.82, 2.24) is 4.98 Å². The molecule has 0 bridgehead atoms. The smallest absolute Gasteiger partial charge is 0.129 e. The molecule has 1 aromatic rings. The Kier molecular flexibility index (Phi) is 3.52. The maximum absolute atomic E-state index is 4.39. The lowest BCUT2D eigenvalue weighted by molar-refractivity contribution is 0.762. The molecule has 0 aromatic carbocycles. The average molecular weight is 222 g/mol. The van der Waals surface area contributed by atoms with E-state index < -0.39 is 0 Å². The molecule has 3 heteroatoms. The first-order chi connectivity index (χ1) is 7.31. The first-order valence-electron chi connectivity index (χ1n) is 5.52. The zero-order chi connectivity index (χ0) is 10.7. The van der Waals surface area contributed by atoms with Gasteiger partial charge < -0.3 is 5.32 Å². The molecule has 1 heterocycles. The Morgan fingerprint density at radius 2 is 2.33 bits per heavy atom. The molecule has 82 valence electrons. The van der Waals surface area contributed by atoms with Gasteiger partial charge >= 0.3 is 0 Å². The summed E-state index contributed by atoms with van der Waals surface area (Å²) in [5.41, 5.74) is 1.24. The van der Waals surface area contributed by atoms with Gasteiger partial charge in [-0.3, -0.25) is 0 Å². The molecule has 1 saturated carbocycles. The quantitative estimate of drug-likeness (QED) is 0.850. The number of hydrogen-bond donors (Lipinski definition) is 1. The predicted molar refractivity (Wildman–Crippen MR) is 67.5 cm³/mol. The maximum atomic E-state index is 4.39. The van der Waals surface area contributed by atoms with Crippen molar-refractivity contribution in [2.75, 3.05) is 11.6 Å². The van der Waals surface area contributed by atoms with Gasteiger partial charge in [-0.05, 0) is 37.7 Å².